The maximum atomic E-state index is 11.6. The highest BCUT2D eigenvalue weighted by Crippen LogP contribution is 2.28. The molecule has 0 aliphatic heterocycles. The van der Waals surface area contributed by atoms with E-state index in [4.69, 9.17) is 19.5 Å². The highest BCUT2D eigenvalue weighted by atomic mass is 16.5. The van der Waals surface area contributed by atoms with Crippen molar-refractivity contribution in [3.8, 4) is 17.6 Å². The smallest absolute Gasteiger partial charge is 0.349 e. The van der Waals surface area contributed by atoms with E-state index in [0.29, 0.717) is 17.1 Å². The summed E-state index contributed by atoms with van der Waals surface area (Å²) in [6.45, 7) is 3.49. The Morgan fingerprint density at radius 2 is 2.05 bits per heavy atom. The number of ether oxygens (including phenoxy) is 3. The van der Waals surface area contributed by atoms with Crippen LogP contribution in [0, 0.1) is 11.3 Å². The van der Waals surface area contributed by atoms with Gasteiger partial charge in [0, 0.05) is 0 Å². The molecule has 1 aromatic rings. The summed E-state index contributed by atoms with van der Waals surface area (Å²) in [5, 5.41) is 8.98. The first kappa shape index (κ1) is 15.3. The molecule has 1 rings (SSSR count). The first-order valence-electron chi connectivity index (χ1n) is 5.78. The zero-order valence-electron chi connectivity index (χ0n) is 11.4. The molecule has 1 aromatic carbocycles. The second kappa shape index (κ2) is 7.64. The Morgan fingerprint density at radius 1 is 1.35 bits per heavy atom. The summed E-state index contributed by atoms with van der Waals surface area (Å²) in [5.74, 6) is 0.387. The molecule has 0 bridgehead atoms. The zero-order chi connectivity index (χ0) is 15.0. The first-order chi connectivity index (χ1) is 9.65. The van der Waals surface area contributed by atoms with E-state index >= 15 is 0 Å². The number of carbonyl (C=O) groups is 1. The summed E-state index contributed by atoms with van der Waals surface area (Å²) in [6.07, 6.45) is 2.86. The van der Waals surface area contributed by atoms with Gasteiger partial charge in [0.15, 0.2) is 11.5 Å². The van der Waals surface area contributed by atoms with Crippen LogP contribution < -0.4 is 9.47 Å². The van der Waals surface area contributed by atoms with E-state index in [1.165, 1.54) is 26.4 Å². The second-order valence-electron chi connectivity index (χ2n) is 3.67. The number of hydrogen-bond acceptors (Lipinski definition) is 5. The normalized spacial score (nSPS) is 10.3. The third-order valence-electron chi connectivity index (χ3n) is 2.39. The van der Waals surface area contributed by atoms with Gasteiger partial charge in [0.1, 0.15) is 18.2 Å². The van der Waals surface area contributed by atoms with Gasteiger partial charge in [-0.2, -0.15) is 5.26 Å². The van der Waals surface area contributed by atoms with Crippen LogP contribution in [0.4, 0.5) is 0 Å². The SMILES string of the molecule is C=CCOC(=O)/C(C#N)=C/c1ccc(OC)c(OC)c1. The van der Waals surface area contributed by atoms with Crippen LogP contribution in [0.3, 0.4) is 0 Å². The van der Waals surface area contributed by atoms with Crippen molar-refractivity contribution in [2.75, 3.05) is 20.8 Å². The monoisotopic (exact) mass is 273 g/mol. The topological polar surface area (TPSA) is 68.6 Å². The molecule has 0 saturated heterocycles. The van der Waals surface area contributed by atoms with Crippen LogP contribution in [0.1, 0.15) is 5.56 Å². The Labute approximate surface area is 117 Å². The molecule has 5 heteroatoms. The van der Waals surface area contributed by atoms with Gasteiger partial charge in [-0.1, -0.05) is 18.7 Å². The average Bonchev–Trinajstić information content (AvgIpc) is 2.49. The molecule has 104 valence electrons. The number of carbonyl (C=O) groups excluding carboxylic acids is 1. The number of methoxy groups -OCH3 is 2. The van der Waals surface area contributed by atoms with Crippen LogP contribution in [0.2, 0.25) is 0 Å². The molecule has 0 aliphatic carbocycles. The molecule has 0 heterocycles. The van der Waals surface area contributed by atoms with Crippen molar-refractivity contribution in [2.24, 2.45) is 0 Å². The van der Waals surface area contributed by atoms with E-state index in [-0.39, 0.29) is 12.2 Å². The minimum absolute atomic E-state index is 0.0593. The standard InChI is InChI=1S/C15H15NO4/c1-4-7-20-15(17)12(10-16)8-11-5-6-13(18-2)14(9-11)19-3/h4-6,8-9H,1,7H2,2-3H3/b12-8+. The summed E-state index contributed by atoms with van der Waals surface area (Å²) < 4.78 is 15.1. The molecule has 0 atom stereocenters. The van der Waals surface area contributed by atoms with E-state index in [2.05, 4.69) is 6.58 Å². The first-order valence-corrected chi connectivity index (χ1v) is 5.78. The van der Waals surface area contributed by atoms with Gasteiger partial charge in [-0.3, -0.25) is 0 Å². The minimum Gasteiger partial charge on any atom is -0.493 e. The van der Waals surface area contributed by atoms with Gasteiger partial charge in [0.2, 0.25) is 0 Å². The predicted molar refractivity (Wildman–Crippen MR) is 74.3 cm³/mol. The second-order valence-corrected chi connectivity index (χ2v) is 3.67. The molecule has 0 spiro atoms. The molecule has 0 aliphatic rings. The lowest BCUT2D eigenvalue weighted by molar-refractivity contribution is -0.137. The molecule has 0 N–H and O–H groups in total. The van der Waals surface area contributed by atoms with Crippen LogP contribution in [0.5, 0.6) is 11.5 Å². The van der Waals surface area contributed by atoms with Gasteiger partial charge in [-0.25, -0.2) is 4.79 Å². The predicted octanol–water partition coefficient (Wildman–Crippen LogP) is 2.34. The number of benzene rings is 1. The Bertz CT molecular complexity index is 570. The molecule has 5 nitrogen and oxygen atoms in total. The maximum Gasteiger partial charge on any atom is 0.349 e. The molecule has 0 saturated carbocycles. The molecule has 0 radical (unpaired) electrons. The number of esters is 1. The maximum absolute atomic E-state index is 11.6. The fourth-order valence-electron chi connectivity index (χ4n) is 1.46. The van der Waals surface area contributed by atoms with Crippen molar-refractivity contribution >= 4 is 12.0 Å². The summed E-state index contributed by atoms with van der Waals surface area (Å²) in [6, 6.07) is 6.87. The van der Waals surface area contributed by atoms with E-state index in [1.807, 2.05) is 0 Å². The van der Waals surface area contributed by atoms with Crippen molar-refractivity contribution < 1.29 is 19.0 Å². The van der Waals surface area contributed by atoms with E-state index in [9.17, 15) is 4.79 Å². The summed E-state index contributed by atoms with van der Waals surface area (Å²) in [4.78, 5) is 11.6. The number of rotatable bonds is 6. The third-order valence-corrected chi connectivity index (χ3v) is 2.39. The number of nitriles is 1. The van der Waals surface area contributed by atoms with Crippen molar-refractivity contribution in [3.63, 3.8) is 0 Å². The summed E-state index contributed by atoms with van der Waals surface area (Å²) in [7, 11) is 3.04. The van der Waals surface area contributed by atoms with Crippen molar-refractivity contribution in [1.82, 2.24) is 0 Å². The largest absolute Gasteiger partial charge is 0.493 e. The molecule has 0 unspecified atom stereocenters. The van der Waals surface area contributed by atoms with Gasteiger partial charge in [0.25, 0.3) is 0 Å². The molecular formula is C15H15NO4. The fraction of sp³-hybridized carbons (Fsp3) is 0.200. The van der Waals surface area contributed by atoms with Gasteiger partial charge < -0.3 is 14.2 Å². The quantitative estimate of drug-likeness (QED) is 0.344. The lowest BCUT2D eigenvalue weighted by atomic mass is 10.1. The fourth-order valence-corrected chi connectivity index (χ4v) is 1.46. The Balaban J connectivity index is 3.04. The van der Waals surface area contributed by atoms with Crippen molar-refractivity contribution in [1.29, 1.82) is 5.26 Å². The summed E-state index contributed by atoms with van der Waals surface area (Å²) in [5.41, 5.74) is 0.536. The van der Waals surface area contributed by atoms with Gasteiger partial charge >= 0.3 is 5.97 Å². The highest BCUT2D eigenvalue weighted by Gasteiger charge is 2.11. The van der Waals surface area contributed by atoms with Gasteiger partial charge in [0.05, 0.1) is 14.2 Å². The van der Waals surface area contributed by atoms with E-state index < -0.39 is 5.97 Å². The van der Waals surface area contributed by atoms with Crippen LogP contribution in [0.25, 0.3) is 6.08 Å². The van der Waals surface area contributed by atoms with Crippen LogP contribution in [0.15, 0.2) is 36.4 Å². The van der Waals surface area contributed by atoms with Gasteiger partial charge in [-0.15, -0.1) is 0 Å². The van der Waals surface area contributed by atoms with Crippen molar-refractivity contribution in [3.05, 3.63) is 42.0 Å². The van der Waals surface area contributed by atoms with Crippen LogP contribution in [-0.2, 0) is 9.53 Å². The van der Waals surface area contributed by atoms with Crippen molar-refractivity contribution in [2.45, 2.75) is 0 Å². The van der Waals surface area contributed by atoms with Crippen LogP contribution in [-0.4, -0.2) is 26.8 Å². The lowest BCUT2D eigenvalue weighted by Crippen LogP contribution is -2.06. The lowest BCUT2D eigenvalue weighted by Gasteiger charge is -2.08. The molecule has 0 aromatic heterocycles. The van der Waals surface area contributed by atoms with Crippen LogP contribution >= 0.6 is 0 Å². The molecule has 0 fully saturated rings. The molecule has 20 heavy (non-hydrogen) atoms. The average molecular weight is 273 g/mol. The van der Waals surface area contributed by atoms with Gasteiger partial charge in [-0.05, 0) is 23.8 Å². The molecule has 0 amide bonds. The third kappa shape index (κ3) is 3.89. The Morgan fingerprint density at radius 3 is 2.60 bits per heavy atom. The number of nitrogens with zero attached hydrogens (tertiary/aromatic N) is 1. The molecular weight excluding hydrogens is 258 g/mol. The zero-order valence-corrected chi connectivity index (χ0v) is 11.4. The van der Waals surface area contributed by atoms with E-state index in [0.717, 1.165) is 0 Å². The Kier molecular flexibility index (Phi) is 5.85. The minimum atomic E-state index is -0.692. The number of hydrogen-bond donors (Lipinski definition) is 0. The summed E-state index contributed by atoms with van der Waals surface area (Å²) >= 11 is 0. The van der Waals surface area contributed by atoms with E-state index in [1.54, 1.807) is 24.3 Å². The Hall–Kier alpha value is -2.74. The highest BCUT2D eigenvalue weighted by molar-refractivity contribution is 5.98.